The second kappa shape index (κ2) is 6.30. The average Bonchev–Trinajstić information content (AvgIpc) is 3.00. The molecule has 1 aliphatic rings. The van der Waals surface area contributed by atoms with Gasteiger partial charge in [-0.3, -0.25) is 4.79 Å². The van der Waals surface area contributed by atoms with Crippen LogP contribution in [0, 0.1) is 0 Å². The number of carbonyl (C=O) groups is 1. The lowest BCUT2D eigenvalue weighted by atomic mass is 10.1. The Bertz CT molecular complexity index is 711. The molecule has 2 aromatic carbocycles. The number of methoxy groups -OCH3 is 1. The van der Waals surface area contributed by atoms with Crippen LogP contribution in [-0.2, 0) is 11.4 Å². The Kier molecular flexibility index (Phi) is 4.05. The van der Waals surface area contributed by atoms with Gasteiger partial charge in [0, 0.05) is 5.56 Å². The first-order valence-corrected chi connectivity index (χ1v) is 6.97. The molecule has 3 rings (SSSR count). The van der Waals surface area contributed by atoms with Crippen LogP contribution in [0.25, 0.3) is 0 Å². The number of nitrogens with zero attached hydrogens (tertiary/aromatic N) is 1. The van der Waals surface area contributed by atoms with Gasteiger partial charge in [-0.1, -0.05) is 30.3 Å². The van der Waals surface area contributed by atoms with Crippen molar-refractivity contribution >= 4 is 11.6 Å². The third-order valence-electron chi connectivity index (χ3n) is 3.38. The van der Waals surface area contributed by atoms with Gasteiger partial charge in [0.1, 0.15) is 6.61 Å². The molecule has 0 radical (unpaired) electrons. The largest absolute Gasteiger partial charge is 0.493 e. The quantitative estimate of drug-likeness (QED) is 0.922. The lowest BCUT2D eigenvalue weighted by Gasteiger charge is -2.12. The minimum Gasteiger partial charge on any atom is -0.493 e. The van der Waals surface area contributed by atoms with E-state index in [9.17, 15) is 4.79 Å². The van der Waals surface area contributed by atoms with E-state index in [4.69, 9.17) is 9.47 Å². The predicted octanol–water partition coefficient (Wildman–Crippen LogP) is 2.50. The molecule has 22 heavy (non-hydrogen) atoms. The Balaban J connectivity index is 1.76. The molecule has 1 aliphatic heterocycles. The van der Waals surface area contributed by atoms with Crippen molar-refractivity contribution in [3.63, 3.8) is 0 Å². The van der Waals surface area contributed by atoms with Gasteiger partial charge in [-0.15, -0.1) is 0 Å². The van der Waals surface area contributed by atoms with Gasteiger partial charge < -0.3 is 9.47 Å². The van der Waals surface area contributed by atoms with Crippen LogP contribution in [0.3, 0.4) is 0 Å². The summed E-state index contributed by atoms with van der Waals surface area (Å²) < 4.78 is 11.2. The summed E-state index contributed by atoms with van der Waals surface area (Å²) in [5.41, 5.74) is 5.09. The Morgan fingerprint density at radius 1 is 1.14 bits per heavy atom. The summed E-state index contributed by atoms with van der Waals surface area (Å²) in [5.74, 6) is 1.18. The molecule has 0 saturated heterocycles. The molecule has 0 unspecified atom stereocenters. The zero-order valence-electron chi connectivity index (χ0n) is 12.2. The molecule has 0 spiro atoms. The van der Waals surface area contributed by atoms with Crippen molar-refractivity contribution in [3.05, 3.63) is 59.7 Å². The standard InChI is InChI=1S/C17H16N2O3/c1-21-16-9-13(14-10-17(20)19-18-14)7-8-15(16)22-11-12-5-3-2-4-6-12/h2-9H,10-11H2,1H3,(H,19,20). The minimum absolute atomic E-state index is 0.0987. The zero-order valence-corrected chi connectivity index (χ0v) is 12.2. The molecule has 1 N–H and O–H groups in total. The topological polar surface area (TPSA) is 59.9 Å². The average molecular weight is 296 g/mol. The highest BCUT2D eigenvalue weighted by atomic mass is 16.5. The van der Waals surface area contributed by atoms with Gasteiger partial charge in [0.05, 0.1) is 19.2 Å². The van der Waals surface area contributed by atoms with Gasteiger partial charge in [0.15, 0.2) is 11.5 Å². The highest BCUT2D eigenvalue weighted by Crippen LogP contribution is 2.29. The number of hydrogen-bond donors (Lipinski definition) is 1. The van der Waals surface area contributed by atoms with Crippen molar-refractivity contribution < 1.29 is 14.3 Å². The van der Waals surface area contributed by atoms with Crippen LogP contribution in [-0.4, -0.2) is 18.7 Å². The lowest BCUT2D eigenvalue weighted by molar-refractivity contribution is -0.119. The summed E-state index contributed by atoms with van der Waals surface area (Å²) in [4.78, 5) is 11.2. The molecule has 2 aromatic rings. The Hall–Kier alpha value is -2.82. The minimum atomic E-state index is -0.0987. The van der Waals surface area contributed by atoms with Gasteiger partial charge in [-0.25, -0.2) is 5.43 Å². The van der Waals surface area contributed by atoms with E-state index in [-0.39, 0.29) is 12.3 Å². The normalized spacial score (nSPS) is 13.5. The maximum Gasteiger partial charge on any atom is 0.246 e. The fraction of sp³-hybridized carbons (Fsp3) is 0.176. The van der Waals surface area contributed by atoms with Crippen LogP contribution in [0.5, 0.6) is 11.5 Å². The van der Waals surface area contributed by atoms with Gasteiger partial charge in [0.2, 0.25) is 5.91 Å². The Morgan fingerprint density at radius 2 is 1.95 bits per heavy atom. The lowest BCUT2D eigenvalue weighted by Crippen LogP contribution is -2.09. The van der Waals surface area contributed by atoms with Crippen LogP contribution in [0.1, 0.15) is 17.5 Å². The van der Waals surface area contributed by atoms with Crippen LogP contribution >= 0.6 is 0 Å². The van der Waals surface area contributed by atoms with Gasteiger partial charge in [0.25, 0.3) is 0 Å². The predicted molar refractivity (Wildman–Crippen MR) is 83.1 cm³/mol. The molecule has 0 fully saturated rings. The van der Waals surface area contributed by atoms with Gasteiger partial charge in [-0.05, 0) is 23.8 Å². The molecular formula is C17H16N2O3. The van der Waals surface area contributed by atoms with E-state index >= 15 is 0 Å². The number of nitrogens with one attached hydrogen (secondary N) is 1. The maximum atomic E-state index is 11.2. The van der Waals surface area contributed by atoms with E-state index in [1.165, 1.54) is 0 Å². The first-order valence-electron chi connectivity index (χ1n) is 6.97. The summed E-state index contributed by atoms with van der Waals surface area (Å²) in [6.07, 6.45) is 0.285. The van der Waals surface area contributed by atoms with Crippen molar-refractivity contribution in [2.45, 2.75) is 13.0 Å². The van der Waals surface area contributed by atoms with Crippen LogP contribution in [0.15, 0.2) is 53.6 Å². The molecule has 0 bridgehead atoms. The van der Waals surface area contributed by atoms with Gasteiger partial charge >= 0.3 is 0 Å². The van der Waals surface area contributed by atoms with E-state index in [1.807, 2.05) is 48.5 Å². The van der Waals surface area contributed by atoms with E-state index in [0.717, 1.165) is 11.1 Å². The fourth-order valence-corrected chi connectivity index (χ4v) is 2.23. The molecule has 0 saturated carbocycles. The Labute approximate surface area is 128 Å². The third kappa shape index (κ3) is 3.09. The molecule has 1 amide bonds. The molecule has 5 nitrogen and oxygen atoms in total. The van der Waals surface area contributed by atoms with Crippen LogP contribution < -0.4 is 14.9 Å². The molecule has 112 valence electrons. The van der Waals surface area contributed by atoms with E-state index < -0.39 is 0 Å². The van der Waals surface area contributed by atoms with E-state index in [1.54, 1.807) is 7.11 Å². The van der Waals surface area contributed by atoms with Crippen molar-refractivity contribution in [1.29, 1.82) is 0 Å². The summed E-state index contributed by atoms with van der Waals surface area (Å²) in [5, 5.41) is 4.01. The van der Waals surface area contributed by atoms with Crippen LogP contribution in [0.2, 0.25) is 0 Å². The van der Waals surface area contributed by atoms with Gasteiger partial charge in [-0.2, -0.15) is 5.10 Å². The summed E-state index contributed by atoms with van der Waals surface area (Å²) >= 11 is 0. The van der Waals surface area contributed by atoms with E-state index in [2.05, 4.69) is 10.5 Å². The van der Waals surface area contributed by atoms with Crippen molar-refractivity contribution in [3.8, 4) is 11.5 Å². The van der Waals surface area contributed by atoms with Crippen molar-refractivity contribution in [2.75, 3.05) is 7.11 Å². The molecule has 5 heteroatoms. The second-order valence-electron chi connectivity index (χ2n) is 4.91. The third-order valence-corrected chi connectivity index (χ3v) is 3.38. The van der Waals surface area contributed by atoms with Crippen molar-refractivity contribution in [2.24, 2.45) is 5.10 Å². The number of amides is 1. The summed E-state index contributed by atoms with van der Waals surface area (Å²) in [7, 11) is 1.59. The smallest absolute Gasteiger partial charge is 0.246 e. The highest BCUT2D eigenvalue weighted by Gasteiger charge is 2.17. The number of carbonyl (C=O) groups excluding carboxylic acids is 1. The Morgan fingerprint density at radius 3 is 2.64 bits per heavy atom. The van der Waals surface area contributed by atoms with Crippen LogP contribution in [0.4, 0.5) is 0 Å². The molecule has 1 heterocycles. The number of rotatable bonds is 5. The zero-order chi connectivity index (χ0) is 15.4. The molecule has 0 aromatic heterocycles. The van der Waals surface area contributed by atoms with E-state index in [0.29, 0.717) is 23.8 Å². The second-order valence-corrected chi connectivity index (χ2v) is 4.91. The first kappa shape index (κ1) is 14.1. The highest BCUT2D eigenvalue weighted by molar-refractivity contribution is 6.13. The SMILES string of the molecule is COc1cc(C2=NNC(=O)C2)ccc1OCc1ccccc1. The maximum absolute atomic E-state index is 11.2. The number of ether oxygens (including phenoxy) is 2. The van der Waals surface area contributed by atoms with Crippen molar-refractivity contribution in [1.82, 2.24) is 5.43 Å². The first-order chi connectivity index (χ1) is 10.8. The molecular weight excluding hydrogens is 280 g/mol. The fourth-order valence-electron chi connectivity index (χ4n) is 2.23. The number of benzene rings is 2. The summed E-state index contributed by atoms with van der Waals surface area (Å²) in [6.45, 7) is 0.470. The summed E-state index contributed by atoms with van der Waals surface area (Å²) in [6, 6.07) is 15.5. The monoisotopic (exact) mass is 296 g/mol. The number of hydrogen-bond acceptors (Lipinski definition) is 4. The molecule has 0 aliphatic carbocycles. The molecule has 0 atom stereocenters. The number of hydrazone groups is 1.